The monoisotopic (exact) mass is 336 g/mol. The average Bonchev–Trinajstić information content (AvgIpc) is 2.82. The van der Waals surface area contributed by atoms with E-state index in [1.165, 1.54) is 30.5 Å². The van der Waals surface area contributed by atoms with Gasteiger partial charge >= 0.3 is 5.97 Å². The van der Waals surface area contributed by atoms with Gasteiger partial charge in [0.25, 0.3) is 0 Å². The summed E-state index contributed by atoms with van der Waals surface area (Å²) in [5.74, 6) is -1.04. The number of nitrogens with one attached hydrogen (secondary N) is 1. The predicted octanol–water partition coefficient (Wildman–Crippen LogP) is 2.79. The number of nitrogens with zero attached hydrogens (tertiary/aromatic N) is 1. The number of aromatic nitrogens is 1. The molecule has 102 valence electrons. The first kappa shape index (κ1) is 14.0. The normalized spacial score (nSPS) is 10.7. The summed E-state index contributed by atoms with van der Waals surface area (Å²) in [6.45, 7) is 0. The van der Waals surface area contributed by atoms with Gasteiger partial charge in [0, 0.05) is 18.0 Å². The lowest BCUT2D eigenvalue weighted by molar-refractivity contribution is -0.111. The molecule has 0 aliphatic rings. The Morgan fingerprint density at radius 2 is 2.15 bits per heavy atom. The Morgan fingerprint density at radius 1 is 1.35 bits per heavy atom. The number of carbonyl (C=O) groups excluding carboxylic acids is 1. The van der Waals surface area contributed by atoms with Crippen molar-refractivity contribution in [3.63, 3.8) is 0 Å². The maximum Gasteiger partial charge on any atom is 0.354 e. The van der Waals surface area contributed by atoms with E-state index >= 15 is 0 Å². The van der Waals surface area contributed by atoms with Gasteiger partial charge < -0.3 is 14.8 Å². The van der Waals surface area contributed by atoms with Gasteiger partial charge in [-0.15, -0.1) is 0 Å². The summed E-state index contributed by atoms with van der Waals surface area (Å²) in [7, 11) is 0. The Balaban J connectivity index is 2.02. The van der Waals surface area contributed by atoms with Crippen LogP contribution in [0.1, 0.15) is 16.2 Å². The fraction of sp³-hybridized carbons (Fsp3) is 0. The first-order chi connectivity index (χ1) is 9.54. The molecule has 0 atom stereocenters. The van der Waals surface area contributed by atoms with Crippen molar-refractivity contribution in [1.29, 1.82) is 0 Å². The Bertz CT molecular complexity index is 679. The molecule has 2 heterocycles. The van der Waals surface area contributed by atoms with Crippen molar-refractivity contribution >= 4 is 39.6 Å². The lowest BCUT2D eigenvalue weighted by Gasteiger charge is -2.02. The third kappa shape index (κ3) is 3.79. The molecule has 0 fully saturated rings. The van der Waals surface area contributed by atoms with Gasteiger partial charge in [0.15, 0.2) is 4.67 Å². The molecule has 0 bridgehead atoms. The van der Waals surface area contributed by atoms with Crippen LogP contribution < -0.4 is 5.32 Å². The standard InChI is InChI=1S/C13H9BrN2O4/c14-11-3-1-9(20-11)2-4-12(17)16-8-5-6-15-10(7-8)13(18)19/h1-7H,(H,18,19)(H,15,16,17). The van der Waals surface area contributed by atoms with Gasteiger partial charge in [-0.3, -0.25) is 4.79 Å². The van der Waals surface area contributed by atoms with E-state index < -0.39 is 11.9 Å². The number of furan rings is 1. The topological polar surface area (TPSA) is 92.4 Å². The van der Waals surface area contributed by atoms with E-state index in [0.717, 1.165) is 0 Å². The number of halogens is 1. The number of pyridine rings is 1. The lowest BCUT2D eigenvalue weighted by atomic mass is 10.3. The van der Waals surface area contributed by atoms with E-state index in [0.29, 0.717) is 16.1 Å². The van der Waals surface area contributed by atoms with E-state index in [4.69, 9.17) is 9.52 Å². The fourth-order valence-electron chi connectivity index (χ4n) is 1.38. The Labute approximate surface area is 122 Å². The Hall–Kier alpha value is -2.41. The summed E-state index contributed by atoms with van der Waals surface area (Å²) < 4.78 is 5.76. The molecular weight excluding hydrogens is 328 g/mol. The number of carbonyl (C=O) groups is 2. The van der Waals surface area contributed by atoms with Crippen molar-refractivity contribution in [1.82, 2.24) is 4.98 Å². The quantitative estimate of drug-likeness (QED) is 0.837. The third-order valence-electron chi connectivity index (χ3n) is 2.24. The molecule has 0 saturated carbocycles. The van der Waals surface area contributed by atoms with Gasteiger partial charge in [-0.05, 0) is 46.3 Å². The maximum absolute atomic E-state index is 11.7. The minimum atomic E-state index is -1.16. The van der Waals surface area contributed by atoms with Crippen LogP contribution in [0, 0.1) is 0 Å². The molecule has 0 aromatic carbocycles. The summed E-state index contributed by atoms with van der Waals surface area (Å²) in [4.78, 5) is 26.1. The van der Waals surface area contributed by atoms with Crippen molar-refractivity contribution in [2.75, 3.05) is 5.32 Å². The number of anilines is 1. The second kappa shape index (κ2) is 6.16. The molecule has 0 saturated heterocycles. The minimum absolute atomic E-state index is 0.137. The summed E-state index contributed by atoms with van der Waals surface area (Å²) in [6, 6.07) is 6.18. The van der Waals surface area contributed by atoms with Crippen LogP contribution in [0.3, 0.4) is 0 Å². The van der Waals surface area contributed by atoms with Crippen LogP contribution >= 0.6 is 15.9 Å². The summed E-state index contributed by atoms with van der Waals surface area (Å²) in [5, 5.41) is 11.3. The molecule has 0 radical (unpaired) electrons. The summed E-state index contributed by atoms with van der Waals surface area (Å²) in [6.07, 6.45) is 4.10. The highest BCUT2D eigenvalue weighted by atomic mass is 79.9. The smallest absolute Gasteiger partial charge is 0.354 e. The van der Waals surface area contributed by atoms with Gasteiger partial charge in [0.05, 0.1) is 0 Å². The van der Waals surface area contributed by atoms with Crippen LogP contribution in [0.25, 0.3) is 6.08 Å². The SMILES string of the molecule is O=C(C=Cc1ccc(Br)o1)Nc1ccnc(C(=O)O)c1. The highest BCUT2D eigenvalue weighted by molar-refractivity contribution is 9.10. The molecule has 0 aliphatic heterocycles. The van der Waals surface area contributed by atoms with E-state index in [1.54, 1.807) is 12.1 Å². The zero-order valence-electron chi connectivity index (χ0n) is 10.0. The van der Waals surface area contributed by atoms with Gasteiger partial charge in [-0.25, -0.2) is 9.78 Å². The van der Waals surface area contributed by atoms with Crippen molar-refractivity contribution in [2.24, 2.45) is 0 Å². The van der Waals surface area contributed by atoms with Crippen molar-refractivity contribution < 1.29 is 19.1 Å². The van der Waals surface area contributed by atoms with Crippen LogP contribution in [-0.2, 0) is 4.79 Å². The number of aromatic carboxylic acids is 1. The highest BCUT2D eigenvalue weighted by Crippen LogP contribution is 2.15. The second-order valence-corrected chi connectivity index (χ2v) is 4.48. The Kier molecular flexibility index (Phi) is 4.31. The third-order valence-corrected chi connectivity index (χ3v) is 2.67. The molecule has 0 spiro atoms. The van der Waals surface area contributed by atoms with E-state index in [1.807, 2.05) is 0 Å². The lowest BCUT2D eigenvalue weighted by Crippen LogP contribution is -2.09. The van der Waals surface area contributed by atoms with Crippen molar-refractivity contribution in [3.05, 3.63) is 52.7 Å². The van der Waals surface area contributed by atoms with E-state index in [-0.39, 0.29) is 5.69 Å². The van der Waals surface area contributed by atoms with Crippen molar-refractivity contribution in [3.8, 4) is 0 Å². The Morgan fingerprint density at radius 3 is 2.80 bits per heavy atom. The summed E-state index contributed by atoms with van der Waals surface area (Å²) in [5.41, 5.74) is 0.217. The van der Waals surface area contributed by atoms with Gasteiger partial charge in [0.1, 0.15) is 11.5 Å². The first-order valence-electron chi connectivity index (χ1n) is 5.48. The predicted molar refractivity (Wildman–Crippen MR) is 75.3 cm³/mol. The van der Waals surface area contributed by atoms with E-state index in [2.05, 4.69) is 26.2 Å². The molecule has 1 amide bonds. The van der Waals surface area contributed by atoms with Crippen LogP contribution in [0.4, 0.5) is 5.69 Å². The molecule has 0 aliphatic carbocycles. The van der Waals surface area contributed by atoms with Gasteiger partial charge in [-0.2, -0.15) is 0 Å². The van der Waals surface area contributed by atoms with Crippen LogP contribution in [0.15, 0.2) is 45.6 Å². The largest absolute Gasteiger partial charge is 0.477 e. The molecule has 2 N–H and O–H groups in total. The van der Waals surface area contributed by atoms with Crippen LogP contribution in [0.2, 0.25) is 0 Å². The number of rotatable bonds is 4. The molecule has 2 aromatic heterocycles. The molecule has 6 nitrogen and oxygen atoms in total. The molecule has 0 unspecified atom stereocenters. The summed E-state index contributed by atoms with van der Waals surface area (Å²) >= 11 is 3.15. The first-order valence-corrected chi connectivity index (χ1v) is 6.27. The molecule has 7 heteroatoms. The number of carboxylic acid groups (broad SMARTS) is 1. The fourth-order valence-corrected chi connectivity index (χ4v) is 1.70. The zero-order chi connectivity index (χ0) is 14.5. The molecular formula is C13H9BrN2O4. The highest BCUT2D eigenvalue weighted by Gasteiger charge is 2.06. The van der Waals surface area contributed by atoms with Crippen molar-refractivity contribution in [2.45, 2.75) is 0 Å². The zero-order valence-corrected chi connectivity index (χ0v) is 11.6. The molecule has 2 aromatic rings. The number of amides is 1. The minimum Gasteiger partial charge on any atom is -0.477 e. The van der Waals surface area contributed by atoms with Crippen LogP contribution in [-0.4, -0.2) is 22.0 Å². The number of carboxylic acids is 1. The molecule has 20 heavy (non-hydrogen) atoms. The second-order valence-electron chi connectivity index (χ2n) is 3.70. The van der Waals surface area contributed by atoms with Gasteiger partial charge in [0.2, 0.25) is 5.91 Å². The number of hydrogen-bond acceptors (Lipinski definition) is 4. The molecule has 2 rings (SSSR count). The van der Waals surface area contributed by atoms with E-state index in [9.17, 15) is 9.59 Å². The average molecular weight is 337 g/mol. The van der Waals surface area contributed by atoms with Crippen LogP contribution in [0.5, 0.6) is 0 Å². The number of hydrogen-bond donors (Lipinski definition) is 2. The van der Waals surface area contributed by atoms with Gasteiger partial charge in [-0.1, -0.05) is 0 Å². The maximum atomic E-state index is 11.7.